The van der Waals surface area contributed by atoms with Crippen LogP contribution in [0.3, 0.4) is 0 Å². The van der Waals surface area contributed by atoms with Gasteiger partial charge in [0.2, 0.25) is 0 Å². The summed E-state index contributed by atoms with van der Waals surface area (Å²) in [6.45, 7) is 0. The van der Waals surface area contributed by atoms with Gasteiger partial charge >= 0.3 is 0 Å². The molecule has 2 heterocycles. The van der Waals surface area contributed by atoms with E-state index in [2.05, 4.69) is 264 Å². The highest BCUT2D eigenvalue weighted by atomic mass is 15.0. The van der Waals surface area contributed by atoms with Gasteiger partial charge in [-0.15, -0.1) is 0 Å². The summed E-state index contributed by atoms with van der Waals surface area (Å²) in [5.41, 5.74) is 16.4. The Balaban J connectivity index is 0.923. The molecule has 12 aromatic rings. The summed E-state index contributed by atoms with van der Waals surface area (Å²) in [6, 6.07) is 93.1. The van der Waals surface area contributed by atoms with Crippen molar-refractivity contribution < 1.29 is 0 Å². The fourth-order valence-electron chi connectivity index (χ4n) is 10.2. The third-order valence-corrected chi connectivity index (χ3v) is 13.1. The SMILES string of the molecule is c1ccc(-n2c3ccccc3c3cc(-c4ccc(-c5ccc6c(c5)c5ccccc5n6-c5ccc(C(c6ccccc6)(c6ccccc6)c6ccccc6)cc5)cc4)ccc32)cc1. The van der Waals surface area contributed by atoms with Crippen molar-refractivity contribution in [2.45, 2.75) is 5.41 Å². The molecule has 0 radical (unpaired) electrons. The van der Waals surface area contributed by atoms with E-state index in [0.29, 0.717) is 0 Å². The maximum atomic E-state index is 2.42. The van der Waals surface area contributed by atoms with Gasteiger partial charge in [-0.25, -0.2) is 0 Å². The Labute approximate surface area is 367 Å². The Hall–Kier alpha value is -8.20. The van der Waals surface area contributed by atoms with Crippen LogP contribution in [0.15, 0.2) is 255 Å². The van der Waals surface area contributed by atoms with E-state index in [4.69, 9.17) is 0 Å². The highest BCUT2D eigenvalue weighted by Gasteiger charge is 2.38. The summed E-state index contributed by atoms with van der Waals surface area (Å²) in [5, 5.41) is 5.00. The van der Waals surface area contributed by atoms with E-state index in [1.54, 1.807) is 0 Å². The van der Waals surface area contributed by atoms with Crippen LogP contribution in [0.25, 0.3) is 77.2 Å². The third kappa shape index (κ3) is 5.95. The van der Waals surface area contributed by atoms with E-state index in [1.165, 1.54) is 93.8 Å². The smallest absolute Gasteiger partial charge is 0.0701 e. The molecule has 10 aromatic carbocycles. The van der Waals surface area contributed by atoms with Gasteiger partial charge in [-0.2, -0.15) is 0 Å². The Kier molecular flexibility index (Phi) is 8.76. The molecule has 0 N–H and O–H groups in total. The number of para-hydroxylation sites is 3. The molecule has 2 aromatic heterocycles. The lowest BCUT2D eigenvalue weighted by Crippen LogP contribution is -2.30. The lowest BCUT2D eigenvalue weighted by atomic mass is 9.65. The molecule has 0 aliphatic carbocycles. The molecule has 0 amide bonds. The van der Waals surface area contributed by atoms with Crippen LogP contribution in [0, 0.1) is 0 Å². The first-order valence-corrected chi connectivity index (χ1v) is 21.8. The number of nitrogens with zero attached hydrogens (tertiary/aromatic N) is 2. The predicted octanol–water partition coefficient (Wildman–Crippen LogP) is 15.6. The van der Waals surface area contributed by atoms with Crippen molar-refractivity contribution in [2.75, 3.05) is 0 Å². The lowest BCUT2D eigenvalue weighted by Gasteiger charge is -2.37. The van der Waals surface area contributed by atoms with Crippen molar-refractivity contribution in [1.82, 2.24) is 9.13 Å². The predicted molar refractivity (Wildman–Crippen MR) is 264 cm³/mol. The van der Waals surface area contributed by atoms with Gasteiger partial charge in [0.1, 0.15) is 0 Å². The summed E-state index contributed by atoms with van der Waals surface area (Å²) >= 11 is 0. The molecule has 0 saturated carbocycles. The minimum atomic E-state index is -0.497. The van der Waals surface area contributed by atoms with Crippen LogP contribution in [0.5, 0.6) is 0 Å². The second-order valence-electron chi connectivity index (χ2n) is 16.5. The summed E-state index contributed by atoms with van der Waals surface area (Å²) in [4.78, 5) is 0. The molecule has 0 spiro atoms. The van der Waals surface area contributed by atoms with Crippen molar-refractivity contribution >= 4 is 43.6 Å². The fourth-order valence-corrected chi connectivity index (χ4v) is 10.2. The average molecular weight is 803 g/mol. The van der Waals surface area contributed by atoms with Crippen LogP contribution >= 0.6 is 0 Å². The molecule has 0 atom stereocenters. The zero-order chi connectivity index (χ0) is 41.7. The Morgan fingerprint density at radius 1 is 0.222 bits per heavy atom. The average Bonchev–Trinajstić information content (AvgIpc) is 3.88. The lowest BCUT2D eigenvalue weighted by molar-refractivity contribution is 0.745. The van der Waals surface area contributed by atoms with E-state index < -0.39 is 5.41 Å². The molecule has 2 nitrogen and oxygen atoms in total. The molecular weight excluding hydrogens is 761 g/mol. The topological polar surface area (TPSA) is 9.86 Å². The van der Waals surface area contributed by atoms with Gasteiger partial charge in [0, 0.05) is 32.9 Å². The summed E-state index contributed by atoms with van der Waals surface area (Å²) < 4.78 is 4.79. The normalized spacial score (nSPS) is 11.8. The Morgan fingerprint density at radius 3 is 0.968 bits per heavy atom. The van der Waals surface area contributed by atoms with E-state index >= 15 is 0 Å². The quantitative estimate of drug-likeness (QED) is 0.135. The zero-order valence-electron chi connectivity index (χ0n) is 34.6. The summed E-state index contributed by atoms with van der Waals surface area (Å²) in [6.07, 6.45) is 0. The minimum absolute atomic E-state index is 0.497. The third-order valence-electron chi connectivity index (χ3n) is 13.1. The van der Waals surface area contributed by atoms with Crippen LogP contribution in [-0.2, 0) is 5.41 Å². The van der Waals surface area contributed by atoms with Crippen LogP contribution in [0.1, 0.15) is 22.3 Å². The van der Waals surface area contributed by atoms with Gasteiger partial charge in [0.05, 0.1) is 27.5 Å². The van der Waals surface area contributed by atoms with Crippen LogP contribution in [0.2, 0.25) is 0 Å². The molecular formula is C61H42N2. The number of benzene rings is 10. The second kappa shape index (κ2) is 15.1. The minimum Gasteiger partial charge on any atom is -0.309 e. The van der Waals surface area contributed by atoms with Crippen molar-refractivity contribution in [3.63, 3.8) is 0 Å². The summed E-state index contributed by atoms with van der Waals surface area (Å²) in [7, 11) is 0. The largest absolute Gasteiger partial charge is 0.309 e. The molecule has 0 unspecified atom stereocenters. The first-order valence-electron chi connectivity index (χ1n) is 21.8. The van der Waals surface area contributed by atoms with Crippen LogP contribution < -0.4 is 0 Å². The summed E-state index contributed by atoms with van der Waals surface area (Å²) in [5.74, 6) is 0. The van der Waals surface area contributed by atoms with Crippen molar-refractivity contribution in [2.24, 2.45) is 0 Å². The molecule has 0 aliphatic rings. The number of hydrogen-bond acceptors (Lipinski definition) is 0. The number of fused-ring (bicyclic) bond motifs is 6. The van der Waals surface area contributed by atoms with Crippen molar-refractivity contribution in [3.05, 3.63) is 277 Å². The molecule has 296 valence electrons. The molecule has 0 aliphatic heterocycles. The van der Waals surface area contributed by atoms with Crippen LogP contribution in [0.4, 0.5) is 0 Å². The van der Waals surface area contributed by atoms with Crippen LogP contribution in [-0.4, -0.2) is 9.13 Å². The molecule has 0 bridgehead atoms. The first-order chi connectivity index (χ1) is 31.3. The fraction of sp³-hybridized carbons (Fsp3) is 0.0164. The number of hydrogen-bond donors (Lipinski definition) is 0. The van der Waals surface area contributed by atoms with E-state index in [-0.39, 0.29) is 0 Å². The molecule has 0 saturated heterocycles. The second-order valence-corrected chi connectivity index (χ2v) is 16.5. The molecule has 2 heteroatoms. The standard InChI is InChI=1S/C61H42N2/c1-5-17-47(18-6-1)61(48-19-7-2-8-20-48,49-21-9-3-10-22-49)50-35-37-52(38-36-50)63-58-28-16-14-26-54(58)56-42-46(34-40-60(56)63)44-31-29-43(30-32-44)45-33-39-59-55(41-45)53-25-13-15-27-57(53)62(59)51-23-11-4-12-24-51/h1-42H. The van der Waals surface area contributed by atoms with E-state index in [9.17, 15) is 0 Å². The monoisotopic (exact) mass is 802 g/mol. The maximum Gasteiger partial charge on any atom is 0.0701 e. The van der Waals surface area contributed by atoms with E-state index in [1.807, 2.05) is 0 Å². The van der Waals surface area contributed by atoms with Crippen molar-refractivity contribution in [1.29, 1.82) is 0 Å². The van der Waals surface area contributed by atoms with Gasteiger partial charge in [-0.3, -0.25) is 0 Å². The van der Waals surface area contributed by atoms with Gasteiger partial charge in [-0.1, -0.05) is 194 Å². The number of aromatic nitrogens is 2. The highest BCUT2D eigenvalue weighted by Crippen LogP contribution is 2.46. The Morgan fingerprint density at radius 2 is 0.540 bits per heavy atom. The molecule has 0 fully saturated rings. The van der Waals surface area contributed by atoms with Gasteiger partial charge < -0.3 is 9.13 Å². The van der Waals surface area contributed by atoms with E-state index in [0.717, 1.165) is 5.69 Å². The van der Waals surface area contributed by atoms with Crippen molar-refractivity contribution in [3.8, 4) is 33.6 Å². The van der Waals surface area contributed by atoms with Gasteiger partial charge in [0.25, 0.3) is 0 Å². The number of rotatable bonds is 8. The maximum absolute atomic E-state index is 2.42. The van der Waals surface area contributed by atoms with Gasteiger partial charge in [-0.05, 0) is 105 Å². The first kappa shape index (κ1) is 36.6. The molecule has 63 heavy (non-hydrogen) atoms. The molecule has 12 rings (SSSR count). The van der Waals surface area contributed by atoms with Gasteiger partial charge in [0.15, 0.2) is 0 Å². The Bertz CT molecular complexity index is 3470. The zero-order valence-corrected chi connectivity index (χ0v) is 34.6. The highest BCUT2D eigenvalue weighted by molar-refractivity contribution is 6.11.